The highest BCUT2D eigenvalue weighted by Gasteiger charge is 2.36. The summed E-state index contributed by atoms with van der Waals surface area (Å²) in [5, 5.41) is 2.95. The molecule has 2 aliphatic rings. The molecule has 3 heteroatoms. The molecule has 15 heavy (non-hydrogen) atoms. The molecule has 1 saturated carbocycles. The second-order valence-electron chi connectivity index (χ2n) is 5.02. The van der Waals surface area contributed by atoms with Gasteiger partial charge in [0.25, 0.3) is 0 Å². The minimum absolute atomic E-state index is 0.255. The van der Waals surface area contributed by atoms with E-state index in [1.165, 1.54) is 6.42 Å². The predicted octanol–water partition coefficient (Wildman–Crippen LogP) is 2.33. The van der Waals surface area contributed by atoms with Crippen LogP contribution in [0.5, 0.6) is 0 Å². The Balaban J connectivity index is 1.73. The van der Waals surface area contributed by atoms with Crippen molar-refractivity contribution in [3.63, 3.8) is 0 Å². The SMILES string of the molecule is CC(C)COC(=O)NC1CC2C=CC1C2. The average molecular weight is 209 g/mol. The molecule has 0 saturated heterocycles. The zero-order valence-electron chi connectivity index (χ0n) is 9.40. The largest absolute Gasteiger partial charge is 0.449 e. The molecule has 0 spiro atoms. The summed E-state index contributed by atoms with van der Waals surface area (Å²) in [5.74, 6) is 1.63. The van der Waals surface area contributed by atoms with Gasteiger partial charge in [-0.25, -0.2) is 4.79 Å². The van der Waals surface area contributed by atoms with Crippen molar-refractivity contribution in [3.05, 3.63) is 12.2 Å². The average Bonchev–Trinajstić information content (AvgIpc) is 2.76. The highest BCUT2D eigenvalue weighted by molar-refractivity contribution is 5.67. The summed E-state index contributed by atoms with van der Waals surface area (Å²) in [6, 6.07) is 0.305. The van der Waals surface area contributed by atoms with E-state index >= 15 is 0 Å². The van der Waals surface area contributed by atoms with Crippen molar-refractivity contribution in [2.45, 2.75) is 32.7 Å². The highest BCUT2D eigenvalue weighted by atomic mass is 16.5. The van der Waals surface area contributed by atoms with Crippen molar-refractivity contribution >= 4 is 6.09 Å². The Morgan fingerprint density at radius 1 is 1.47 bits per heavy atom. The molecule has 0 aromatic heterocycles. The normalized spacial score (nSPS) is 32.3. The van der Waals surface area contributed by atoms with E-state index in [9.17, 15) is 4.79 Å². The molecule has 1 N–H and O–H groups in total. The van der Waals surface area contributed by atoms with Crippen molar-refractivity contribution < 1.29 is 9.53 Å². The summed E-state index contributed by atoms with van der Waals surface area (Å²) in [5.41, 5.74) is 0. The van der Waals surface area contributed by atoms with Crippen LogP contribution in [0.25, 0.3) is 0 Å². The summed E-state index contributed by atoms with van der Waals surface area (Å²) >= 11 is 0. The lowest BCUT2D eigenvalue weighted by Crippen LogP contribution is -2.38. The first-order valence-electron chi connectivity index (χ1n) is 5.76. The van der Waals surface area contributed by atoms with E-state index in [4.69, 9.17) is 4.74 Å². The fraction of sp³-hybridized carbons (Fsp3) is 0.750. The number of allylic oxidation sites excluding steroid dienone is 1. The van der Waals surface area contributed by atoms with Gasteiger partial charge in [0.1, 0.15) is 0 Å². The molecule has 84 valence electrons. The molecular weight excluding hydrogens is 190 g/mol. The molecule has 3 atom stereocenters. The third-order valence-corrected chi connectivity index (χ3v) is 3.13. The van der Waals surface area contributed by atoms with E-state index < -0.39 is 0 Å². The summed E-state index contributed by atoms with van der Waals surface area (Å²) in [6.45, 7) is 4.57. The minimum atomic E-state index is -0.255. The summed E-state index contributed by atoms with van der Waals surface area (Å²) in [6.07, 6.45) is 6.52. The van der Waals surface area contributed by atoms with Crippen LogP contribution in [-0.2, 0) is 4.74 Å². The van der Waals surface area contributed by atoms with Gasteiger partial charge in [0, 0.05) is 6.04 Å². The number of nitrogens with one attached hydrogen (secondary N) is 1. The maximum Gasteiger partial charge on any atom is 0.407 e. The summed E-state index contributed by atoms with van der Waals surface area (Å²) in [4.78, 5) is 11.4. The van der Waals surface area contributed by atoms with Gasteiger partial charge in [-0.15, -0.1) is 0 Å². The Hall–Kier alpha value is -0.990. The second kappa shape index (κ2) is 4.25. The molecule has 2 bridgehead atoms. The predicted molar refractivity (Wildman–Crippen MR) is 58.5 cm³/mol. The van der Waals surface area contributed by atoms with Crippen LogP contribution < -0.4 is 5.32 Å². The second-order valence-corrected chi connectivity index (χ2v) is 5.02. The van der Waals surface area contributed by atoms with Crippen LogP contribution in [0.1, 0.15) is 26.7 Å². The maximum atomic E-state index is 11.4. The van der Waals surface area contributed by atoms with Crippen molar-refractivity contribution in [3.8, 4) is 0 Å². The Morgan fingerprint density at radius 3 is 2.80 bits per heavy atom. The van der Waals surface area contributed by atoms with Gasteiger partial charge in [0.05, 0.1) is 6.61 Å². The molecule has 0 aliphatic heterocycles. The molecular formula is C12H19NO2. The van der Waals surface area contributed by atoms with Crippen molar-refractivity contribution in [2.75, 3.05) is 6.61 Å². The van der Waals surface area contributed by atoms with Gasteiger partial charge in [-0.05, 0) is 30.6 Å². The molecule has 3 unspecified atom stereocenters. The molecule has 0 aromatic rings. The Morgan fingerprint density at radius 2 is 2.27 bits per heavy atom. The first-order chi connectivity index (χ1) is 7.15. The monoisotopic (exact) mass is 209 g/mol. The van der Waals surface area contributed by atoms with Crippen LogP contribution in [0.15, 0.2) is 12.2 Å². The lowest BCUT2D eigenvalue weighted by molar-refractivity contribution is 0.128. The van der Waals surface area contributed by atoms with E-state index in [2.05, 4.69) is 17.5 Å². The first kappa shape index (κ1) is 10.5. The number of carbonyl (C=O) groups is 1. The Kier molecular flexibility index (Phi) is 2.98. The Bertz CT molecular complexity index is 273. The molecule has 0 heterocycles. The van der Waals surface area contributed by atoms with Gasteiger partial charge < -0.3 is 10.1 Å². The maximum absolute atomic E-state index is 11.4. The third-order valence-electron chi connectivity index (χ3n) is 3.13. The number of hydrogen-bond acceptors (Lipinski definition) is 2. The van der Waals surface area contributed by atoms with Gasteiger partial charge >= 0.3 is 6.09 Å². The number of rotatable bonds is 3. The van der Waals surface area contributed by atoms with Crippen LogP contribution in [0.2, 0.25) is 0 Å². The topological polar surface area (TPSA) is 38.3 Å². The molecule has 1 fully saturated rings. The van der Waals surface area contributed by atoms with Crippen molar-refractivity contribution in [1.82, 2.24) is 5.32 Å². The van der Waals surface area contributed by atoms with Crippen LogP contribution in [0.3, 0.4) is 0 Å². The van der Waals surface area contributed by atoms with Crippen molar-refractivity contribution in [1.29, 1.82) is 0 Å². The smallest absolute Gasteiger partial charge is 0.407 e. The molecule has 2 aliphatic carbocycles. The number of fused-ring (bicyclic) bond motifs is 2. The lowest BCUT2D eigenvalue weighted by atomic mass is 10.0. The van der Waals surface area contributed by atoms with E-state index in [1.807, 2.05) is 13.8 Å². The molecule has 0 radical (unpaired) electrons. The lowest BCUT2D eigenvalue weighted by Gasteiger charge is -2.19. The summed E-state index contributed by atoms with van der Waals surface area (Å²) < 4.78 is 5.10. The van der Waals surface area contributed by atoms with Crippen molar-refractivity contribution in [2.24, 2.45) is 17.8 Å². The summed E-state index contributed by atoms with van der Waals surface area (Å²) in [7, 11) is 0. The number of carbonyl (C=O) groups excluding carboxylic acids is 1. The third kappa shape index (κ3) is 2.52. The number of ether oxygens (including phenoxy) is 1. The molecule has 2 rings (SSSR count). The minimum Gasteiger partial charge on any atom is -0.449 e. The Labute approximate surface area is 90.9 Å². The van der Waals surface area contributed by atoms with E-state index in [1.54, 1.807) is 0 Å². The molecule has 0 aromatic carbocycles. The van der Waals surface area contributed by atoms with Gasteiger partial charge in [-0.3, -0.25) is 0 Å². The van der Waals surface area contributed by atoms with Gasteiger partial charge in [-0.1, -0.05) is 26.0 Å². The molecule has 3 nitrogen and oxygen atoms in total. The van der Waals surface area contributed by atoms with Crippen LogP contribution >= 0.6 is 0 Å². The van der Waals surface area contributed by atoms with E-state index in [-0.39, 0.29) is 6.09 Å². The van der Waals surface area contributed by atoms with Gasteiger partial charge in [0.15, 0.2) is 0 Å². The van der Waals surface area contributed by atoms with Crippen LogP contribution in [0.4, 0.5) is 4.79 Å². The standard InChI is InChI=1S/C12H19NO2/c1-8(2)7-15-12(14)13-11-6-9-3-4-10(11)5-9/h3-4,8-11H,5-7H2,1-2H3,(H,13,14). The van der Waals surface area contributed by atoms with E-state index in [0.29, 0.717) is 30.4 Å². The van der Waals surface area contributed by atoms with Gasteiger partial charge in [0.2, 0.25) is 0 Å². The van der Waals surface area contributed by atoms with E-state index in [0.717, 1.165) is 6.42 Å². The molecule has 1 amide bonds. The first-order valence-corrected chi connectivity index (χ1v) is 5.76. The zero-order valence-corrected chi connectivity index (χ0v) is 9.40. The van der Waals surface area contributed by atoms with Gasteiger partial charge in [-0.2, -0.15) is 0 Å². The fourth-order valence-electron chi connectivity index (χ4n) is 2.38. The number of alkyl carbamates (subject to hydrolysis) is 1. The number of amides is 1. The zero-order chi connectivity index (χ0) is 10.8. The quantitative estimate of drug-likeness (QED) is 0.724. The number of hydrogen-bond donors (Lipinski definition) is 1. The van der Waals surface area contributed by atoms with Crippen LogP contribution in [0, 0.1) is 17.8 Å². The highest BCUT2D eigenvalue weighted by Crippen LogP contribution is 2.38. The van der Waals surface area contributed by atoms with Crippen LogP contribution in [-0.4, -0.2) is 18.7 Å². The fourth-order valence-corrected chi connectivity index (χ4v) is 2.38.